The lowest BCUT2D eigenvalue weighted by atomic mass is 9.84. The minimum Gasteiger partial charge on any atom is -0.294 e. The molecule has 0 heterocycles. The van der Waals surface area contributed by atoms with Gasteiger partial charge in [-0.3, -0.25) is 4.79 Å². The van der Waals surface area contributed by atoms with Gasteiger partial charge in [0, 0.05) is 12.0 Å². The normalized spacial score (nSPS) is 12.0. The Balaban J connectivity index is 2.25. The third-order valence-electron chi connectivity index (χ3n) is 4.31. The molecule has 0 N–H and O–H groups in total. The minimum atomic E-state index is -2.19. The second kappa shape index (κ2) is 7.41. The highest BCUT2D eigenvalue weighted by Gasteiger charge is 2.45. The minimum absolute atomic E-state index is 0.0461. The first-order chi connectivity index (χ1) is 11.6. The van der Waals surface area contributed by atoms with Gasteiger partial charge in [-0.15, -0.1) is 0 Å². The average Bonchev–Trinajstić information content (AvgIpc) is 2.52. The van der Waals surface area contributed by atoms with Gasteiger partial charge >= 0.3 is 13.3 Å². The van der Waals surface area contributed by atoms with Crippen LogP contribution in [0.25, 0.3) is 0 Å². The van der Waals surface area contributed by atoms with E-state index in [1.165, 1.54) is 0 Å². The summed E-state index contributed by atoms with van der Waals surface area (Å²) >= 11 is 0. The zero-order chi connectivity index (χ0) is 18.8. The lowest BCUT2D eigenvalue weighted by Crippen LogP contribution is -2.27. The van der Waals surface area contributed by atoms with Gasteiger partial charge in [0.25, 0.3) is 0 Å². The van der Waals surface area contributed by atoms with E-state index in [0.717, 1.165) is 16.7 Å². The lowest BCUT2D eigenvalue weighted by Gasteiger charge is -2.18. The van der Waals surface area contributed by atoms with E-state index in [9.17, 15) is 14.2 Å². The first kappa shape index (κ1) is 19.2. The molecule has 2 aromatic carbocycles. The van der Waals surface area contributed by atoms with Crippen molar-refractivity contribution in [1.29, 1.82) is 0 Å². The molecule has 0 radical (unpaired) electrons. The molecule has 3 nitrogen and oxygen atoms in total. The zero-order valence-electron chi connectivity index (χ0n) is 15.4. The van der Waals surface area contributed by atoms with Crippen LogP contribution in [-0.4, -0.2) is 11.3 Å². The molecule has 0 saturated carbocycles. The molecular formula is C21H24O3P+. The van der Waals surface area contributed by atoms with Crippen LogP contribution in [0.2, 0.25) is 0 Å². The highest BCUT2D eigenvalue weighted by atomic mass is 31.1. The molecule has 0 aliphatic heterocycles. The Hall–Kier alpha value is -2.12. The van der Waals surface area contributed by atoms with Crippen LogP contribution in [0.15, 0.2) is 42.5 Å². The molecule has 4 heteroatoms. The molecule has 0 aliphatic rings. The SMILES string of the molecule is Cc1cc(C)c(C(=O)CC(C)(C)C(=O)[P+](=O)c2ccccc2)c(C)c1. The quantitative estimate of drug-likeness (QED) is 0.547. The molecule has 1 unspecified atom stereocenters. The molecule has 25 heavy (non-hydrogen) atoms. The van der Waals surface area contributed by atoms with Crippen LogP contribution in [0.1, 0.15) is 47.3 Å². The Morgan fingerprint density at radius 1 is 0.960 bits per heavy atom. The fraction of sp³-hybridized carbons (Fsp3) is 0.333. The topological polar surface area (TPSA) is 51.2 Å². The Bertz CT molecular complexity index is 812. The third-order valence-corrected chi connectivity index (χ3v) is 6.05. The Kier molecular flexibility index (Phi) is 5.69. The van der Waals surface area contributed by atoms with Crippen molar-refractivity contribution in [2.45, 2.75) is 41.0 Å². The van der Waals surface area contributed by atoms with E-state index in [0.29, 0.717) is 10.9 Å². The van der Waals surface area contributed by atoms with E-state index >= 15 is 0 Å². The van der Waals surface area contributed by atoms with E-state index in [-0.39, 0.29) is 17.7 Å². The van der Waals surface area contributed by atoms with E-state index in [4.69, 9.17) is 0 Å². The van der Waals surface area contributed by atoms with E-state index < -0.39 is 13.2 Å². The standard InChI is InChI=1S/C21H24O3P/c1-14-11-15(2)19(16(3)12-14)18(22)13-21(4,5)20(23)25(24)17-9-7-6-8-10-17/h6-12H,13H2,1-5H3/q+1. The summed E-state index contributed by atoms with van der Waals surface area (Å²) < 4.78 is 12.6. The van der Waals surface area contributed by atoms with E-state index in [1.807, 2.05) is 39.0 Å². The molecule has 0 amide bonds. The summed E-state index contributed by atoms with van der Waals surface area (Å²) in [4.78, 5) is 25.5. The van der Waals surface area contributed by atoms with Crippen LogP contribution in [0, 0.1) is 26.2 Å². The van der Waals surface area contributed by atoms with Gasteiger partial charge in [-0.05, 0) is 57.9 Å². The van der Waals surface area contributed by atoms with Crippen molar-refractivity contribution in [2.75, 3.05) is 0 Å². The summed E-state index contributed by atoms with van der Waals surface area (Å²) in [6.07, 6.45) is 0.0461. The molecule has 0 fully saturated rings. The predicted octanol–water partition coefficient (Wildman–Crippen LogP) is 4.89. The van der Waals surface area contributed by atoms with Crippen LogP contribution in [0.5, 0.6) is 0 Å². The van der Waals surface area contributed by atoms with Gasteiger partial charge < -0.3 is 0 Å². The Labute approximate surface area is 150 Å². The van der Waals surface area contributed by atoms with Crippen LogP contribution in [-0.2, 0) is 9.36 Å². The summed E-state index contributed by atoms with van der Waals surface area (Å²) in [5, 5.41) is 0.505. The summed E-state index contributed by atoms with van der Waals surface area (Å²) in [7, 11) is -2.19. The van der Waals surface area contributed by atoms with Crippen molar-refractivity contribution in [1.82, 2.24) is 0 Å². The fourth-order valence-electron chi connectivity index (χ4n) is 3.14. The highest BCUT2D eigenvalue weighted by molar-refractivity contribution is 7.71. The van der Waals surface area contributed by atoms with Gasteiger partial charge in [0.15, 0.2) is 11.1 Å². The van der Waals surface area contributed by atoms with Crippen LogP contribution < -0.4 is 5.30 Å². The van der Waals surface area contributed by atoms with Crippen LogP contribution in [0.3, 0.4) is 0 Å². The summed E-state index contributed by atoms with van der Waals surface area (Å²) in [5.41, 5.74) is 2.24. The number of hydrogen-bond acceptors (Lipinski definition) is 3. The number of hydrogen-bond donors (Lipinski definition) is 0. The van der Waals surface area contributed by atoms with Crippen molar-refractivity contribution in [2.24, 2.45) is 5.41 Å². The number of Topliss-reactive ketones (excluding diaryl/α,β-unsaturated/α-hetero) is 1. The van der Waals surface area contributed by atoms with Crippen molar-refractivity contribution >= 4 is 24.4 Å². The molecule has 1 atom stereocenters. The number of carbonyl (C=O) groups is 2. The zero-order valence-corrected chi connectivity index (χ0v) is 16.3. The maximum atomic E-state index is 12.8. The van der Waals surface area contributed by atoms with Crippen molar-refractivity contribution in [3.63, 3.8) is 0 Å². The van der Waals surface area contributed by atoms with E-state index in [1.54, 1.807) is 38.1 Å². The number of ketones is 1. The number of aryl methyl sites for hydroxylation is 3. The highest BCUT2D eigenvalue weighted by Crippen LogP contribution is 2.37. The lowest BCUT2D eigenvalue weighted by molar-refractivity contribution is -0.118. The van der Waals surface area contributed by atoms with Crippen molar-refractivity contribution < 1.29 is 14.2 Å². The van der Waals surface area contributed by atoms with Crippen LogP contribution >= 0.6 is 7.80 Å². The van der Waals surface area contributed by atoms with Crippen molar-refractivity contribution in [3.8, 4) is 0 Å². The summed E-state index contributed by atoms with van der Waals surface area (Å²) in [5.74, 6) is -0.0789. The summed E-state index contributed by atoms with van der Waals surface area (Å²) in [6, 6.07) is 12.6. The number of rotatable bonds is 6. The summed E-state index contributed by atoms with van der Waals surface area (Å²) in [6.45, 7) is 9.20. The maximum Gasteiger partial charge on any atom is 0.453 e. The van der Waals surface area contributed by atoms with Crippen molar-refractivity contribution in [3.05, 3.63) is 64.7 Å². The van der Waals surface area contributed by atoms with Crippen LogP contribution in [0.4, 0.5) is 0 Å². The first-order valence-electron chi connectivity index (χ1n) is 8.31. The molecule has 130 valence electrons. The first-order valence-corrected chi connectivity index (χ1v) is 9.57. The van der Waals surface area contributed by atoms with Gasteiger partial charge in [0.1, 0.15) is 0 Å². The molecule has 2 aromatic rings. The molecule has 0 aromatic heterocycles. The molecule has 0 saturated heterocycles. The maximum absolute atomic E-state index is 12.8. The second-order valence-electron chi connectivity index (χ2n) is 7.19. The Morgan fingerprint density at radius 2 is 1.48 bits per heavy atom. The Morgan fingerprint density at radius 3 is 2.00 bits per heavy atom. The van der Waals surface area contributed by atoms with Gasteiger partial charge in [-0.1, -0.05) is 40.5 Å². The molecular weight excluding hydrogens is 331 g/mol. The predicted molar refractivity (Wildman–Crippen MR) is 102 cm³/mol. The number of carbonyl (C=O) groups excluding carboxylic acids is 2. The smallest absolute Gasteiger partial charge is 0.294 e. The van der Waals surface area contributed by atoms with E-state index in [2.05, 4.69) is 0 Å². The molecule has 0 aliphatic carbocycles. The van der Waals surface area contributed by atoms with Gasteiger partial charge in [0.05, 0.1) is 5.41 Å². The number of benzene rings is 2. The monoisotopic (exact) mass is 355 g/mol. The molecule has 0 bridgehead atoms. The molecule has 2 rings (SSSR count). The molecule has 0 spiro atoms. The van der Waals surface area contributed by atoms with Gasteiger partial charge in [-0.2, -0.15) is 0 Å². The largest absolute Gasteiger partial charge is 0.453 e. The average molecular weight is 355 g/mol. The third kappa shape index (κ3) is 4.29. The van der Waals surface area contributed by atoms with Gasteiger partial charge in [-0.25, -0.2) is 4.79 Å². The van der Waals surface area contributed by atoms with Gasteiger partial charge in [0.2, 0.25) is 0 Å². The fourth-order valence-corrected chi connectivity index (χ4v) is 4.45. The second-order valence-corrected chi connectivity index (χ2v) is 8.70.